The van der Waals surface area contributed by atoms with E-state index in [1.807, 2.05) is 0 Å². The number of thiophene rings is 1. The van der Waals surface area contributed by atoms with Crippen molar-refractivity contribution in [1.82, 2.24) is 0 Å². The summed E-state index contributed by atoms with van der Waals surface area (Å²) in [6.07, 6.45) is 2.89. The van der Waals surface area contributed by atoms with Crippen molar-refractivity contribution in [3.8, 4) is 0 Å². The molecule has 1 aliphatic carbocycles. The number of carbonyl (C=O) groups is 2. The molecule has 6 heteroatoms. The fourth-order valence-corrected chi connectivity index (χ4v) is 2.91. The summed E-state index contributed by atoms with van der Waals surface area (Å²) in [6.45, 7) is 0. The van der Waals surface area contributed by atoms with E-state index in [0.717, 1.165) is 30.6 Å². The molecular formula is C10H10BrNO3S. The molecule has 0 radical (unpaired) electrons. The number of anilines is 1. The molecule has 0 atom stereocenters. The summed E-state index contributed by atoms with van der Waals surface area (Å²) in [7, 11) is 0. The zero-order valence-electron chi connectivity index (χ0n) is 8.33. The highest BCUT2D eigenvalue weighted by Crippen LogP contribution is 2.33. The molecule has 0 aromatic carbocycles. The maximum Gasteiger partial charge on any atom is 0.348 e. The molecule has 16 heavy (non-hydrogen) atoms. The minimum absolute atomic E-state index is 0.0559. The molecular weight excluding hydrogens is 294 g/mol. The second-order valence-corrected chi connectivity index (χ2v) is 6.15. The Kier molecular flexibility index (Phi) is 3.30. The minimum atomic E-state index is -1.01. The van der Waals surface area contributed by atoms with Crippen LogP contribution >= 0.6 is 27.3 Å². The van der Waals surface area contributed by atoms with Gasteiger partial charge in [-0.2, -0.15) is 0 Å². The average Bonchev–Trinajstić information content (AvgIpc) is 2.43. The molecule has 4 nitrogen and oxygen atoms in total. The van der Waals surface area contributed by atoms with Crippen LogP contribution in [0.2, 0.25) is 0 Å². The molecule has 1 aromatic rings. The first kappa shape index (κ1) is 11.6. The van der Waals surface area contributed by atoms with Crippen LogP contribution in [-0.4, -0.2) is 17.0 Å². The second-order valence-electron chi connectivity index (χ2n) is 3.72. The largest absolute Gasteiger partial charge is 0.477 e. The molecule has 0 aliphatic heterocycles. The summed E-state index contributed by atoms with van der Waals surface area (Å²) >= 11 is 4.32. The molecule has 86 valence electrons. The van der Waals surface area contributed by atoms with Gasteiger partial charge in [-0.15, -0.1) is 11.3 Å². The predicted octanol–water partition coefficient (Wildman–Crippen LogP) is 2.95. The van der Waals surface area contributed by atoms with E-state index in [4.69, 9.17) is 5.11 Å². The van der Waals surface area contributed by atoms with Gasteiger partial charge in [0.1, 0.15) is 4.88 Å². The van der Waals surface area contributed by atoms with E-state index >= 15 is 0 Å². The van der Waals surface area contributed by atoms with Gasteiger partial charge in [-0.3, -0.25) is 4.79 Å². The van der Waals surface area contributed by atoms with E-state index < -0.39 is 5.97 Å². The Hall–Kier alpha value is -0.880. The lowest BCUT2D eigenvalue weighted by atomic mass is 9.85. The van der Waals surface area contributed by atoms with Crippen LogP contribution in [0.5, 0.6) is 0 Å². The second kappa shape index (κ2) is 4.55. The van der Waals surface area contributed by atoms with E-state index in [1.165, 1.54) is 0 Å². The Bertz CT molecular complexity index is 439. The van der Waals surface area contributed by atoms with Crippen LogP contribution in [0.4, 0.5) is 5.69 Å². The van der Waals surface area contributed by atoms with Crippen molar-refractivity contribution in [2.24, 2.45) is 5.92 Å². The van der Waals surface area contributed by atoms with Crippen molar-refractivity contribution in [3.63, 3.8) is 0 Å². The molecule has 0 saturated heterocycles. The summed E-state index contributed by atoms with van der Waals surface area (Å²) in [4.78, 5) is 22.7. The normalized spacial score (nSPS) is 15.6. The maximum atomic E-state index is 11.7. The fraction of sp³-hybridized carbons (Fsp3) is 0.400. The molecule has 2 rings (SSSR count). The minimum Gasteiger partial charge on any atom is -0.477 e. The molecule has 1 fully saturated rings. The van der Waals surface area contributed by atoms with E-state index in [9.17, 15) is 9.59 Å². The third-order valence-electron chi connectivity index (χ3n) is 2.63. The highest BCUT2D eigenvalue weighted by Gasteiger charge is 2.26. The molecule has 1 aromatic heterocycles. The van der Waals surface area contributed by atoms with Crippen molar-refractivity contribution >= 4 is 44.8 Å². The van der Waals surface area contributed by atoms with Gasteiger partial charge >= 0.3 is 5.97 Å². The van der Waals surface area contributed by atoms with Gasteiger partial charge in [0.05, 0.1) is 9.47 Å². The number of carboxylic acids is 1. The van der Waals surface area contributed by atoms with Gasteiger partial charge in [0.2, 0.25) is 5.91 Å². The Labute approximate surface area is 105 Å². The summed E-state index contributed by atoms with van der Waals surface area (Å²) in [5.74, 6) is -1.03. The van der Waals surface area contributed by atoms with Gasteiger partial charge in [-0.05, 0) is 34.8 Å². The monoisotopic (exact) mass is 303 g/mol. The summed E-state index contributed by atoms with van der Waals surface area (Å²) in [6, 6.07) is 1.63. The van der Waals surface area contributed by atoms with Crippen LogP contribution in [0.15, 0.2) is 9.85 Å². The van der Waals surface area contributed by atoms with Crippen LogP contribution in [0.25, 0.3) is 0 Å². The number of carboxylic acid groups (broad SMARTS) is 1. The molecule has 0 spiro atoms. The molecule has 1 heterocycles. The smallest absolute Gasteiger partial charge is 0.348 e. The number of aromatic carboxylic acids is 1. The molecule has 1 saturated carbocycles. The Balaban J connectivity index is 2.13. The van der Waals surface area contributed by atoms with Crippen molar-refractivity contribution in [1.29, 1.82) is 0 Å². The molecule has 2 N–H and O–H groups in total. The maximum absolute atomic E-state index is 11.7. The van der Waals surface area contributed by atoms with E-state index in [1.54, 1.807) is 6.07 Å². The van der Waals surface area contributed by atoms with Crippen molar-refractivity contribution in [2.45, 2.75) is 19.3 Å². The van der Waals surface area contributed by atoms with E-state index in [0.29, 0.717) is 9.47 Å². The lowest BCUT2D eigenvalue weighted by molar-refractivity contribution is -0.122. The molecule has 0 unspecified atom stereocenters. The topological polar surface area (TPSA) is 66.4 Å². The SMILES string of the molecule is O=C(O)c1sc(Br)cc1NC(=O)C1CCC1. The quantitative estimate of drug-likeness (QED) is 0.902. The Morgan fingerprint density at radius 3 is 2.69 bits per heavy atom. The van der Waals surface area contributed by atoms with Gasteiger partial charge in [-0.1, -0.05) is 6.42 Å². The molecule has 1 aliphatic rings. The van der Waals surface area contributed by atoms with Crippen LogP contribution in [-0.2, 0) is 4.79 Å². The number of rotatable bonds is 3. The summed E-state index contributed by atoms with van der Waals surface area (Å²) < 4.78 is 0.703. The van der Waals surface area contributed by atoms with Gasteiger partial charge < -0.3 is 10.4 Å². The number of halogens is 1. The van der Waals surface area contributed by atoms with Gasteiger partial charge in [0.15, 0.2) is 0 Å². The van der Waals surface area contributed by atoms with Crippen molar-refractivity contribution < 1.29 is 14.7 Å². The summed E-state index contributed by atoms with van der Waals surface area (Å²) in [5, 5.41) is 11.6. The standard InChI is InChI=1S/C10H10BrNO3S/c11-7-4-6(8(16-7)10(14)15)12-9(13)5-2-1-3-5/h4-5H,1-3H2,(H,12,13)(H,14,15). The Morgan fingerprint density at radius 1 is 1.50 bits per heavy atom. The zero-order valence-corrected chi connectivity index (χ0v) is 10.7. The lowest BCUT2D eigenvalue weighted by Gasteiger charge is -2.23. The van der Waals surface area contributed by atoms with Gasteiger partial charge in [0, 0.05) is 5.92 Å². The highest BCUT2D eigenvalue weighted by molar-refractivity contribution is 9.11. The van der Waals surface area contributed by atoms with Crippen LogP contribution in [0, 0.1) is 5.92 Å². The highest BCUT2D eigenvalue weighted by atomic mass is 79.9. The first-order chi connectivity index (χ1) is 7.58. The number of carbonyl (C=O) groups excluding carboxylic acids is 1. The van der Waals surface area contributed by atoms with Crippen LogP contribution in [0.3, 0.4) is 0 Å². The average molecular weight is 304 g/mol. The first-order valence-corrected chi connectivity index (χ1v) is 6.52. The Morgan fingerprint density at radius 2 is 2.19 bits per heavy atom. The van der Waals surface area contributed by atoms with Crippen LogP contribution in [0.1, 0.15) is 28.9 Å². The zero-order chi connectivity index (χ0) is 11.7. The number of hydrogen-bond donors (Lipinski definition) is 2. The molecule has 0 bridgehead atoms. The third kappa shape index (κ3) is 2.27. The van der Waals surface area contributed by atoms with Crippen molar-refractivity contribution in [2.75, 3.05) is 5.32 Å². The van der Waals surface area contributed by atoms with Crippen LogP contribution < -0.4 is 5.32 Å². The van der Waals surface area contributed by atoms with Gasteiger partial charge in [0.25, 0.3) is 0 Å². The fourth-order valence-electron chi connectivity index (χ4n) is 1.52. The van der Waals surface area contributed by atoms with Crippen molar-refractivity contribution in [3.05, 3.63) is 14.7 Å². The summed E-state index contributed by atoms with van der Waals surface area (Å²) in [5.41, 5.74) is 0.390. The third-order valence-corrected chi connectivity index (χ3v) is 4.26. The number of nitrogens with one attached hydrogen (secondary N) is 1. The lowest BCUT2D eigenvalue weighted by Crippen LogP contribution is -2.28. The predicted molar refractivity (Wildman–Crippen MR) is 64.9 cm³/mol. The number of hydrogen-bond acceptors (Lipinski definition) is 3. The first-order valence-electron chi connectivity index (χ1n) is 4.91. The van der Waals surface area contributed by atoms with E-state index in [-0.39, 0.29) is 16.7 Å². The number of amides is 1. The van der Waals surface area contributed by atoms with E-state index in [2.05, 4.69) is 21.2 Å². The van der Waals surface area contributed by atoms with Gasteiger partial charge in [-0.25, -0.2) is 4.79 Å². The molecule has 1 amide bonds.